The van der Waals surface area contributed by atoms with E-state index in [9.17, 15) is 13.5 Å². The smallest absolute Gasteiger partial charge is 0.280 e. The molecule has 11 nitrogen and oxygen atoms in total. The number of methoxy groups -OCH3 is 2. The summed E-state index contributed by atoms with van der Waals surface area (Å²) in [4.78, 5) is 16.7. The molecule has 35 heavy (non-hydrogen) atoms. The lowest BCUT2D eigenvalue weighted by atomic mass is 10.2. The second-order valence-electron chi connectivity index (χ2n) is 6.99. The van der Waals surface area contributed by atoms with Crippen molar-refractivity contribution >= 4 is 15.8 Å². The van der Waals surface area contributed by atoms with E-state index in [1.807, 2.05) is 0 Å². The van der Waals surface area contributed by atoms with Gasteiger partial charge in [0.2, 0.25) is 5.75 Å². The Morgan fingerprint density at radius 3 is 2.31 bits per heavy atom. The van der Waals surface area contributed by atoms with Crippen LogP contribution in [0.25, 0.3) is 11.4 Å². The van der Waals surface area contributed by atoms with Gasteiger partial charge in [0.25, 0.3) is 15.9 Å². The largest absolute Gasteiger partial charge is 0.493 e. The highest BCUT2D eigenvalue weighted by atomic mass is 32.2. The van der Waals surface area contributed by atoms with Crippen molar-refractivity contribution in [2.45, 2.75) is 11.6 Å². The predicted molar refractivity (Wildman–Crippen MR) is 126 cm³/mol. The number of sulfonamides is 1. The van der Waals surface area contributed by atoms with Gasteiger partial charge in [0.05, 0.1) is 20.8 Å². The number of hydrogen-bond donors (Lipinski definition) is 2. The Bertz CT molecular complexity index is 1420. The quantitative estimate of drug-likeness (QED) is 0.355. The number of anilines is 1. The number of pyridine rings is 2. The standard InChI is InChI=1S/C23H21N5O6S/c1-32-17-5-3-4-6-18(17)34-20-22(28-35(30,31)19-8-7-15(14-29)13-25-19)26-21(27-23(20)33-2)16-9-11-24-12-10-16/h3-13,29H,14H2,1-2H3,(H,26,27,28). The first-order valence-electron chi connectivity index (χ1n) is 10.2. The summed E-state index contributed by atoms with van der Waals surface area (Å²) in [6, 6.07) is 12.9. The topological polar surface area (TPSA) is 146 Å². The van der Waals surface area contributed by atoms with Crippen molar-refractivity contribution in [2.24, 2.45) is 0 Å². The Morgan fingerprint density at radius 2 is 1.69 bits per heavy atom. The molecule has 2 N–H and O–H groups in total. The zero-order valence-corrected chi connectivity index (χ0v) is 19.6. The van der Waals surface area contributed by atoms with Gasteiger partial charge in [-0.15, -0.1) is 0 Å². The summed E-state index contributed by atoms with van der Waals surface area (Å²) >= 11 is 0. The molecule has 3 heterocycles. The summed E-state index contributed by atoms with van der Waals surface area (Å²) in [5.41, 5.74) is 1.04. The molecule has 0 saturated heterocycles. The first-order valence-corrected chi connectivity index (χ1v) is 11.7. The van der Waals surface area contributed by atoms with E-state index in [0.29, 0.717) is 22.6 Å². The number of para-hydroxylation sites is 2. The maximum absolute atomic E-state index is 13.1. The average molecular weight is 496 g/mol. The van der Waals surface area contributed by atoms with Crippen molar-refractivity contribution in [3.8, 4) is 34.5 Å². The van der Waals surface area contributed by atoms with E-state index in [2.05, 4.69) is 24.7 Å². The number of rotatable bonds is 9. The minimum absolute atomic E-state index is 0.0148. The SMILES string of the molecule is COc1ccccc1Oc1c(NS(=O)(=O)c2ccc(CO)cn2)nc(-c2ccncc2)nc1OC. The maximum Gasteiger partial charge on any atom is 0.280 e. The van der Waals surface area contributed by atoms with Gasteiger partial charge < -0.3 is 19.3 Å². The lowest BCUT2D eigenvalue weighted by Gasteiger charge is -2.17. The first kappa shape index (κ1) is 23.9. The number of ether oxygens (including phenoxy) is 3. The number of aromatic nitrogens is 4. The van der Waals surface area contributed by atoms with Crippen molar-refractivity contribution < 1.29 is 27.7 Å². The van der Waals surface area contributed by atoms with Crippen LogP contribution in [-0.2, 0) is 16.6 Å². The molecular formula is C23H21N5O6S. The van der Waals surface area contributed by atoms with E-state index in [1.54, 1.807) is 48.8 Å². The van der Waals surface area contributed by atoms with Crippen LogP contribution in [0.1, 0.15) is 5.56 Å². The van der Waals surface area contributed by atoms with Crippen molar-refractivity contribution in [2.75, 3.05) is 18.9 Å². The summed E-state index contributed by atoms with van der Waals surface area (Å²) in [5, 5.41) is 8.94. The van der Waals surface area contributed by atoms with E-state index in [0.717, 1.165) is 0 Å². The summed E-state index contributed by atoms with van der Waals surface area (Å²) in [5.74, 6) is 0.604. The first-order chi connectivity index (χ1) is 16.9. The number of aliphatic hydroxyl groups excluding tert-OH is 1. The van der Waals surface area contributed by atoms with E-state index in [1.165, 1.54) is 32.5 Å². The molecule has 0 amide bonds. The molecule has 0 radical (unpaired) electrons. The normalized spacial score (nSPS) is 11.1. The van der Waals surface area contributed by atoms with Crippen molar-refractivity contribution in [1.29, 1.82) is 0 Å². The van der Waals surface area contributed by atoms with Crippen LogP contribution >= 0.6 is 0 Å². The van der Waals surface area contributed by atoms with Gasteiger partial charge in [-0.3, -0.25) is 9.71 Å². The van der Waals surface area contributed by atoms with E-state index >= 15 is 0 Å². The summed E-state index contributed by atoms with van der Waals surface area (Å²) < 4.78 is 45.5. The van der Waals surface area contributed by atoms with Gasteiger partial charge in [0, 0.05) is 24.2 Å². The van der Waals surface area contributed by atoms with Crippen LogP contribution in [0.15, 0.2) is 72.1 Å². The van der Waals surface area contributed by atoms with Crippen LogP contribution in [0, 0.1) is 0 Å². The molecule has 4 aromatic rings. The monoisotopic (exact) mass is 495 g/mol. The highest BCUT2D eigenvalue weighted by Crippen LogP contribution is 2.41. The molecule has 12 heteroatoms. The number of aliphatic hydroxyl groups is 1. The number of nitrogens with zero attached hydrogens (tertiary/aromatic N) is 4. The fourth-order valence-corrected chi connectivity index (χ4v) is 3.95. The Morgan fingerprint density at radius 1 is 0.943 bits per heavy atom. The Balaban J connectivity index is 1.84. The molecule has 0 unspecified atom stereocenters. The molecule has 0 saturated carbocycles. The third kappa shape index (κ3) is 5.28. The molecular weight excluding hydrogens is 474 g/mol. The lowest BCUT2D eigenvalue weighted by molar-refractivity contribution is 0.281. The molecule has 4 rings (SSSR count). The number of benzene rings is 1. The van der Waals surface area contributed by atoms with Gasteiger partial charge in [-0.05, 0) is 35.9 Å². The minimum atomic E-state index is -4.20. The van der Waals surface area contributed by atoms with E-state index in [-0.39, 0.29) is 34.9 Å². The van der Waals surface area contributed by atoms with Gasteiger partial charge in [0.1, 0.15) is 0 Å². The van der Waals surface area contributed by atoms with Crippen LogP contribution in [0.2, 0.25) is 0 Å². The van der Waals surface area contributed by atoms with Crippen molar-refractivity contribution in [1.82, 2.24) is 19.9 Å². The maximum atomic E-state index is 13.1. The lowest BCUT2D eigenvalue weighted by Crippen LogP contribution is -2.17. The highest BCUT2D eigenvalue weighted by molar-refractivity contribution is 7.92. The minimum Gasteiger partial charge on any atom is -0.493 e. The molecule has 0 fully saturated rings. The summed E-state index contributed by atoms with van der Waals surface area (Å²) in [7, 11) is -1.35. The average Bonchev–Trinajstić information content (AvgIpc) is 2.90. The molecule has 1 aromatic carbocycles. The fourth-order valence-electron chi connectivity index (χ4n) is 3.02. The van der Waals surface area contributed by atoms with Crippen LogP contribution in [0.5, 0.6) is 23.1 Å². The molecule has 3 aromatic heterocycles. The molecule has 0 aliphatic rings. The van der Waals surface area contributed by atoms with Crippen LogP contribution in [-0.4, -0.2) is 47.7 Å². The van der Waals surface area contributed by atoms with Gasteiger partial charge in [-0.25, -0.2) is 9.97 Å². The Hall–Kier alpha value is -4.29. The predicted octanol–water partition coefficient (Wildman–Crippen LogP) is 3.04. The zero-order valence-electron chi connectivity index (χ0n) is 18.7. The molecule has 0 aliphatic carbocycles. The Kier molecular flexibility index (Phi) is 7.03. The second-order valence-corrected chi connectivity index (χ2v) is 8.62. The van der Waals surface area contributed by atoms with Gasteiger partial charge >= 0.3 is 0 Å². The zero-order chi connectivity index (χ0) is 24.8. The fraction of sp³-hybridized carbons (Fsp3) is 0.130. The van der Waals surface area contributed by atoms with E-state index < -0.39 is 10.0 Å². The third-order valence-electron chi connectivity index (χ3n) is 4.73. The Labute approximate surface area is 201 Å². The van der Waals surface area contributed by atoms with Gasteiger partial charge in [-0.2, -0.15) is 13.4 Å². The van der Waals surface area contributed by atoms with Gasteiger partial charge in [0.15, 0.2) is 28.2 Å². The second kappa shape index (κ2) is 10.3. The van der Waals surface area contributed by atoms with Crippen molar-refractivity contribution in [3.05, 3.63) is 72.7 Å². The van der Waals surface area contributed by atoms with E-state index in [4.69, 9.17) is 14.2 Å². The molecule has 0 spiro atoms. The number of nitrogens with one attached hydrogen (secondary N) is 1. The number of hydrogen-bond acceptors (Lipinski definition) is 10. The highest BCUT2D eigenvalue weighted by Gasteiger charge is 2.25. The molecule has 0 atom stereocenters. The van der Waals surface area contributed by atoms with Crippen molar-refractivity contribution in [3.63, 3.8) is 0 Å². The molecule has 180 valence electrons. The van der Waals surface area contributed by atoms with Crippen LogP contribution < -0.4 is 18.9 Å². The summed E-state index contributed by atoms with van der Waals surface area (Å²) in [6.07, 6.45) is 4.38. The summed E-state index contributed by atoms with van der Waals surface area (Å²) in [6.45, 7) is -0.268. The van der Waals surface area contributed by atoms with Crippen LogP contribution in [0.4, 0.5) is 5.82 Å². The van der Waals surface area contributed by atoms with Crippen LogP contribution in [0.3, 0.4) is 0 Å². The third-order valence-corrected chi connectivity index (χ3v) is 5.99. The van der Waals surface area contributed by atoms with Gasteiger partial charge in [-0.1, -0.05) is 18.2 Å². The molecule has 0 aliphatic heterocycles. The molecule has 0 bridgehead atoms.